The maximum Gasteiger partial charge on any atom is 0.0704 e. The molecule has 0 aliphatic carbocycles. The first kappa shape index (κ1) is 13.4. The number of rotatable bonds is 8. The maximum absolute atomic E-state index is 10.3. The van der Waals surface area contributed by atoms with Crippen molar-refractivity contribution >= 4 is 0 Å². The lowest BCUT2D eigenvalue weighted by atomic mass is 9.80. The van der Waals surface area contributed by atoms with E-state index in [1.807, 2.05) is 26.0 Å². The molecule has 1 unspecified atom stereocenters. The molecule has 0 amide bonds. The number of unbranched alkanes of at least 4 members (excludes halogenated alkanes) is 1. The van der Waals surface area contributed by atoms with Crippen LogP contribution in [0.2, 0.25) is 0 Å². The van der Waals surface area contributed by atoms with Crippen molar-refractivity contribution in [1.82, 2.24) is 0 Å². The molecule has 1 heteroatoms. The van der Waals surface area contributed by atoms with Gasteiger partial charge in [0, 0.05) is 5.92 Å². The van der Waals surface area contributed by atoms with Gasteiger partial charge in [-0.2, -0.15) is 0 Å². The second-order valence-electron chi connectivity index (χ2n) is 3.87. The Morgan fingerprint density at radius 1 is 1.29 bits per heavy atom. The fourth-order valence-corrected chi connectivity index (χ4v) is 1.86. The summed E-state index contributed by atoms with van der Waals surface area (Å²) in [6.45, 7) is 11.6. The van der Waals surface area contributed by atoms with Crippen LogP contribution in [0.5, 0.6) is 0 Å². The smallest absolute Gasteiger partial charge is 0.0704 e. The molecule has 0 aromatic carbocycles. The van der Waals surface area contributed by atoms with Crippen LogP contribution in [0.3, 0.4) is 0 Å². The molecule has 0 spiro atoms. The van der Waals surface area contributed by atoms with Crippen LogP contribution < -0.4 is 0 Å². The van der Waals surface area contributed by atoms with Crippen LogP contribution in [0, 0.1) is 5.92 Å². The van der Waals surface area contributed by atoms with Crippen LogP contribution in [0.1, 0.15) is 46.0 Å². The van der Waals surface area contributed by atoms with Crippen LogP contribution in [-0.4, -0.2) is 10.7 Å². The molecule has 0 bridgehead atoms. The highest BCUT2D eigenvalue weighted by atomic mass is 16.3. The average Bonchev–Trinajstić information content (AvgIpc) is 2.23. The zero-order valence-corrected chi connectivity index (χ0v) is 9.63. The van der Waals surface area contributed by atoms with Crippen LogP contribution in [0.25, 0.3) is 0 Å². The number of hydrogen-bond donors (Lipinski definition) is 1. The van der Waals surface area contributed by atoms with Gasteiger partial charge in [-0.15, -0.1) is 13.2 Å². The molecule has 0 saturated carbocycles. The second-order valence-corrected chi connectivity index (χ2v) is 3.87. The molecular weight excluding hydrogens is 172 g/mol. The van der Waals surface area contributed by atoms with Crippen LogP contribution >= 0.6 is 0 Å². The van der Waals surface area contributed by atoms with Gasteiger partial charge in [-0.3, -0.25) is 0 Å². The molecule has 0 heterocycles. The summed E-state index contributed by atoms with van der Waals surface area (Å²) in [4.78, 5) is 0. The van der Waals surface area contributed by atoms with E-state index in [4.69, 9.17) is 0 Å². The minimum atomic E-state index is -0.553. The van der Waals surface area contributed by atoms with Gasteiger partial charge >= 0.3 is 0 Å². The Morgan fingerprint density at radius 3 is 2.21 bits per heavy atom. The Balaban J connectivity index is 4.22. The van der Waals surface area contributed by atoms with E-state index in [2.05, 4.69) is 13.2 Å². The Hall–Kier alpha value is -0.560. The average molecular weight is 196 g/mol. The lowest BCUT2D eigenvalue weighted by Crippen LogP contribution is -2.35. The van der Waals surface area contributed by atoms with Crippen molar-refractivity contribution in [3.8, 4) is 0 Å². The third-order valence-electron chi connectivity index (χ3n) is 3.12. The van der Waals surface area contributed by atoms with Crippen molar-refractivity contribution in [3.63, 3.8) is 0 Å². The van der Waals surface area contributed by atoms with Crippen molar-refractivity contribution in [2.45, 2.75) is 51.6 Å². The van der Waals surface area contributed by atoms with E-state index < -0.39 is 5.60 Å². The van der Waals surface area contributed by atoms with Crippen LogP contribution in [-0.2, 0) is 0 Å². The molecule has 0 saturated heterocycles. The SMILES string of the molecule is C=CCCCC(C=C)C(O)(CC)CC. The highest BCUT2D eigenvalue weighted by Gasteiger charge is 2.30. The molecule has 1 N–H and O–H groups in total. The Morgan fingerprint density at radius 2 is 1.86 bits per heavy atom. The van der Waals surface area contributed by atoms with Gasteiger partial charge in [0.25, 0.3) is 0 Å². The molecule has 1 atom stereocenters. The quantitative estimate of drug-likeness (QED) is 0.463. The van der Waals surface area contributed by atoms with Gasteiger partial charge < -0.3 is 5.11 Å². The summed E-state index contributed by atoms with van der Waals surface area (Å²) in [6.07, 6.45) is 8.54. The zero-order chi connectivity index (χ0) is 11.0. The Bertz CT molecular complexity index is 168. The topological polar surface area (TPSA) is 20.2 Å². The lowest BCUT2D eigenvalue weighted by Gasteiger charge is -2.32. The van der Waals surface area contributed by atoms with Gasteiger partial charge in [-0.1, -0.05) is 26.0 Å². The first-order chi connectivity index (χ1) is 6.64. The predicted octanol–water partition coefficient (Wildman–Crippen LogP) is 3.70. The standard InChI is InChI=1S/C13H24O/c1-5-9-10-11-12(6-2)13(14,7-3)8-4/h5-6,12,14H,1-2,7-11H2,3-4H3. The summed E-state index contributed by atoms with van der Waals surface area (Å²) in [5, 5.41) is 10.3. The van der Waals surface area contributed by atoms with E-state index in [0.29, 0.717) is 0 Å². The molecule has 0 aliphatic rings. The van der Waals surface area contributed by atoms with Gasteiger partial charge in [-0.25, -0.2) is 0 Å². The summed E-state index contributed by atoms with van der Waals surface area (Å²) in [6, 6.07) is 0. The Kier molecular flexibility index (Phi) is 6.56. The van der Waals surface area contributed by atoms with E-state index in [1.54, 1.807) is 0 Å². The fourth-order valence-electron chi connectivity index (χ4n) is 1.86. The number of aliphatic hydroxyl groups is 1. The monoisotopic (exact) mass is 196 g/mol. The Labute approximate surface area is 88.5 Å². The lowest BCUT2D eigenvalue weighted by molar-refractivity contribution is -0.0113. The van der Waals surface area contributed by atoms with Crippen molar-refractivity contribution < 1.29 is 5.11 Å². The van der Waals surface area contributed by atoms with E-state index in [1.165, 1.54) is 0 Å². The van der Waals surface area contributed by atoms with E-state index >= 15 is 0 Å². The first-order valence-electron chi connectivity index (χ1n) is 5.60. The summed E-state index contributed by atoms with van der Waals surface area (Å²) < 4.78 is 0. The van der Waals surface area contributed by atoms with E-state index in [9.17, 15) is 5.11 Å². The minimum absolute atomic E-state index is 0.220. The third kappa shape index (κ3) is 3.67. The maximum atomic E-state index is 10.3. The molecule has 0 aromatic heterocycles. The third-order valence-corrected chi connectivity index (χ3v) is 3.12. The van der Waals surface area contributed by atoms with E-state index in [0.717, 1.165) is 32.1 Å². The van der Waals surface area contributed by atoms with Gasteiger partial charge in [0.1, 0.15) is 0 Å². The molecule has 0 rings (SSSR count). The number of hydrogen-bond acceptors (Lipinski definition) is 1. The normalized spacial score (nSPS) is 13.6. The molecule has 82 valence electrons. The minimum Gasteiger partial charge on any atom is -0.389 e. The van der Waals surface area contributed by atoms with Crippen molar-refractivity contribution in [2.75, 3.05) is 0 Å². The molecular formula is C13H24O. The van der Waals surface area contributed by atoms with Crippen molar-refractivity contribution in [1.29, 1.82) is 0 Å². The first-order valence-corrected chi connectivity index (χ1v) is 5.60. The van der Waals surface area contributed by atoms with E-state index in [-0.39, 0.29) is 5.92 Å². The highest BCUT2D eigenvalue weighted by Crippen LogP contribution is 2.30. The predicted molar refractivity (Wildman–Crippen MR) is 63.3 cm³/mol. The largest absolute Gasteiger partial charge is 0.389 e. The van der Waals surface area contributed by atoms with Crippen molar-refractivity contribution in [3.05, 3.63) is 25.3 Å². The summed E-state index contributed by atoms with van der Waals surface area (Å²) >= 11 is 0. The fraction of sp³-hybridized carbons (Fsp3) is 0.692. The van der Waals surface area contributed by atoms with Gasteiger partial charge in [0.15, 0.2) is 0 Å². The highest BCUT2D eigenvalue weighted by molar-refractivity contribution is 4.94. The number of allylic oxidation sites excluding steroid dienone is 1. The summed E-state index contributed by atoms with van der Waals surface area (Å²) in [5.41, 5.74) is -0.553. The molecule has 0 aliphatic heterocycles. The summed E-state index contributed by atoms with van der Waals surface area (Å²) in [7, 11) is 0. The van der Waals surface area contributed by atoms with Crippen LogP contribution in [0.15, 0.2) is 25.3 Å². The second kappa shape index (κ2) is 6.83. The molecule has 14 heavy (non-hydrogen) atoms. The molecule has 0 radical (unpaired) electrons. The van der Waals surface area contributed by atoms with Gasteiger partial charge in [-0.05, 0) is 32.1 Å². The molecule has 0 aromatic rings. The summed E-state index contributed by atoms with van der Waals surface area (Å²) in [5.74, 6) is 0.220. The molecule has 0 fully saturated rings. The van der Waals surface area contributed by atoms with Crippen LogP contribution in [0.4, 0.5) is 0 Å². The molecule has 1 nitrogen and oxygen atoms in total. The van der Waals surface area contributed by atoms with Crippen molar-refractivity contribution in [2.24, 2.45) is 5.92 Å². The van der Waals surface area contributed by atoms with Gasteiger partial charge in [0.2, 0.25) is 0 Å². The van der Waals surface area contributed by atoms with Gasteiger partial charge in [0.05, 0.1) is 5.60 Å². The zero-order valence-electron chi connectivity index (χ0n) is 9.63.